The second-order valence-electron chi connectivity index (χ2n) is 5.04. The summed E-state index contributed by atoms with van der Waals surface area (Å²) in [4.78, 5) is 0.286. The number of hydrogen-bond donors (Lipinski definition) is 0. The van der Waals surface area contributed by atoms with Crippen LogP contribution in [0.4, 0.5) is 0 Å². The molecule has 0 radical (unpaired) electrons. The van der Waals surface area contributed by atoms with Crippen LogP contribution in [0, 0.1) is 5.92 Å². The van der Waals surface area contributed by atoms with E-state index in [4.69, 9.17) is 27.9 Å². The molecule has 1 saturated carbocycles. The number of rotatable bonds is 4. The van der Waals surface area contributed by atoms with E-state index in [0.717, 1.165) is 10.6 Å². The largest absolute Gasteiger partial charge is 0.492 e. The molecule has 106 valence electrons. The third kappa shape index (κ3) is 3.80. The summed E-state index contributed by atoms with van der Waals surface area (Å²) in [7, 11) is 0. The lowest BCUT2D eigenvalue weighted by atomic mass is 9.85. The Kier molecular flexibility index (Phi) is 5.86. The Labute approximate surface area is 133 Å². The van der Waals surface area contributed by atoms with Crippen molar-refractivity contribution in [3.8, 4) is 5.75 Å². The van der Waals surface area contributed by atoms with Gasteiger partial charge in [0.2, 0.25) is 0 Å². The van der Waals surface area contributed by atoms with Crippen molar-refractivity contribution in [1.29, 1.82) is 0 Å². The van der Waals surface area contributed by atoms with E-state index in [-0.39, 0.29) is 4.83 Å². The molecule has 0 heterocycles. The van der Waals surface area contributed by atoms with Crippen LogP contribution in [0.1, 0.15) is 49.4 Å². The van der Waals surface area contributed by atoms with Crippen LogP contribution >= 0.6 is 39.1 Å². The highest BCUT2D eigenvalue weighted by Crippen LogP contribution is 2.44. The molecular weight excluding hydrogens is 347 g/mol. The first-order chi connectivity index (χ1) is 9.13. The van der Waals surface area contributed by atoms with Gasteiger partial charge < -0.3 is 4.74 Å². The molecule has 0 aliphatic heterocycles. The standard InChI is InChI=1S/C15H19BrCl2O/c1-2-19-14-9-12(17)11(8-13(14)18)15(16)10-6-4-3-5-7-10/h8-10,15H,2-7H2,1H3. The Morgan fingerprint density at radius 1 is 1.21 bits per heavy atom. The maximum Gasteiger partial charge on any atom is 0.139 e. The Morgan fingerprint density at radius 2 is 1.89 bits per heavy atom. The lowest BCUT2D eigenvalue weighted by Gasteiger charge is -2.27. The van der Waals surface area contributed by atoms with Crippen LogP contribution in [0.2, 0.25) is 10.0 Å². The lowest BCUT2D eigenvalue weighted by Crippen LogP contribution is -2.12. The molecule has 1 nitrogen and oxygen atoms in total. The van der Waals surface area contributed by atoms with Crippen molar-refractivity contribution in [3.63, 3.8) is 0 Å². The summed E-state index contributed by atoms with van der Waals surface area (Å²) in [6.07, 6.45) is 6.51. The maximum absolute atomic E-state index is 6.38. The zero-order valence-corrected chi connectivity index (χ0v) is 14.2. The van der Waals surface area contributed by atoms with Crippen LogP contribution in [-0.4, -0.2) is 6.61 Å². The molecule has 0 aromatic heterocycles. The molecule has 1 unspecified atom stereocenters. The van der Waals surface area contributed by atoms with Crippen molar-refractivity contribution in [1.82, 2.24) is 0 Å². The van der Waals surface area contributed by atoms with E-state index < -0.39 is 0 Å². The molecule has 1 aliphatic carbocycles. The topological polar surface area (TPSA) is 9.23 Å². The SMILES string of the molecule is CCOc1cc(Cl)c(C(Br)C2CCCCC2)cc1Cl. The van der Waals surface area contributed by atoms with E-state index in [1.807, 2.05) is 19.1 Å². The highest BCUT2D eigenvalue weighted by atomic mass is 79.9. The minimum atomic E-state index is 0.286. The van der Waals surface area contributed by atoms with Crippen molar-refractivity contribution in [2.45, 2.75) is 43.9 Å². The third-order valence-corrected chi connectivity index (χ3v) is 5.58. The van der Waals surface area contributed by atoms with Gasteiger partial charge in [-0.05, 0) is 37.3 Å². The predicted molar refractivity (Wildman–Crippen MR) is 85.9 cm³/mol. The number of alkyl halides is 1. The molecule has 1 aromatic carbocycles. The second-order valence-corrected chi connectivity index (χ2v) is 6.84. The van der Waals surface area contributed by atoms with Gasteiger partial charge in [0.1, 0.15) is 5.75 Å². The predicted octanol–water partition coefficient (Wildman–Crippen LogP) is 6.41. The van der Waals surface area contributed by atoms with Gasteiger partial charge in [-0.3, -0.25) is 0 Å². The molecule has 4 heteroatoms. The molecule has 1 fully saturated rings. The first kappa shape index (κ1) is 15.5. The molecule has 19 heavy (non-hydrogen) atoms. The van der Waals surface area contributed by atoms with E-state index >= 15 is 0 Å². The molecule has 2 rings (SSSR count). The quantitative estimate of drug-likeness (QED) is 0.560. The maximum atomic E-state index is 6.38. The third-order valence-electron chi connectivity index (χ3n) is 3.71. The monoisotopic (exact) mass is 364 g/mol. The van der Waals surface area contributed by atoms with Gasteiger partial charge in [-0.1, -0.05) is 58.4 Å². The summed E-state index contributed by atoms with van der Waals surface area (Å²) in [5, 5.41) is 1.38. The van der Waals surface area contributed by atoms with Gasteiger partial charge in [-0.25, -0.2) is 0 Å². The highest BCUT2D eigenvalue weighted by Gasteiger charge is 2.25. The van der Waals surface area contributed by atoms with Crippen LogP contribution in [0.5, 0.6) is 5.75 Å². The molecule has 1 atom stereocenters. The smallest absolute Gasteiger partial charge is 0.139 e. The van der Waals surface area contributed by atoms with Crippen molar-refractivity contribution in [3.05, 3.63) is 27.7 Å². The van der Waals surface area contributed by atoms with Crippen molar-refractivity contribution in [2.75, 3.05) is 6.61 Å². The van der Waals surface area contributed by atoms with Gasteiger partial charge in [-0.2, -0.15) is 0 Å². The normalized spacial score (nSPS) is 18.3. The second kappa shape index (κ2) is 7.19. The average molecular weight is 366 g/mol. The fraction of sp³-hybridized carbons (Fsp3) is 0.600. The van der Waals surface area contributed by atoms with Gasteiger partial charge in [0.05, 0.1) is 11.6 Å². The minimum Gasteiger partial charge on any atom is -0.492 e. The van der Waals surface area contributed by atoms with E-state index in [9.17, 15) is 0 Å². The van der Waals surface area contributed by atoms with Crippen LogP contribution in [0.15, 0.2) is 12.1 Å². The van der Waals surface area contributed by atoms with Gasteiger partial charge in [0.15, 0.2) is 0 Å². The van der Waals surface area contributed by atoms with Crippen LogP contribution in [0.25, 0.3) is 0 Å². The van der Waals surface area contributed by atoms with Gasteiger partial charge in [-0.15, -0.1) is 0 Å². The summed E-state index contributed by atoms with van der Waals surface area (Å²) < 4.78 is 5.47. The van der Waals surface area contributed by atoms with Gasteiger partial charge in [0.25, 0.3) is 0 Å². The zero-order valence-electron chi connectivity index (χ0n) is 11.1. The molecule has 0 bridgehead atoms. The summed E-state index contributed by atoms with van der Waals surface area (Å²) in [6.45, 7) is 2.53. The molecule has 0 N–H and O–H groups in total. The van der Waals surface area contributed by atoms with E-state index in [1.54, 1.807) is 0 Å². The molecular formula is C15H19BrCl2O. The fourth-order valence-electron chi connectivity index (χ4n) is 2.70. The first-order valence-electron chi connectivity index (χ1n) is 6.89. The van der Waals surface area contributed by atoms with E-state index in [2.05, 4.69) is 15.9 Å². The lowest BCUT2D eigenvalue weighted by molar-refractivity contribution is 0.339. The van der Waals surface area contributed by atoms with E-state index in [1.165, 1.54) is 32.1 Å². The van der Waals surface area contributed by atoms with Crippen molar-refractivity contribution in [2.24, 2.45) is 5.92 Å². The number of benzene rings is 1. The number of halogens is 3. The first-order valence-corrected chi connectivity index (χ1v) is 8.56. The Balaban J connectivity index is 2.21. The fourth-order valence-corrected chi connectivity index (χ4v) is 4.24. The minimum absolute atomic E-state index is 0.286. The van der Waals surface area contributed by atoms with Gasteiger partial charge >= 0.3 is 0 Å². The molecule has 0 amide bonds. The molecule has 0 saturated heterocycles. The summed E-state index contributed by atoms with van der Waals surface area (Å²) >= 11 is 16.5. The zero-order chi connectivity index (χ0) is 13.8. The van der Waals surface area contributed by atoms with Crippen molar-refractivity contribution >= 4 is 39.1 Å². The van der Waals surface area contributed by atoms with E-state index in [0.29, 0.717) is 23.3 Å². The summed E-state index contributed by atoms with van der Waals surface area (Å²) in [5.41, 5.74) is 1.09. The number of ether oxygens (including phenoxy) is 1. The Bertz CT molecular complexity index is 430. The van der Waals surface area contributed by atoms with Crippen LogP contribution < -0.4 is 4.74 Å². The van der Waals surface area contributed by atoms with Gasteiger partial charge in [0, 0.05) is 15.9 Å². The van der Waals surface area contributed by atoms with Crippen LogP contribution in [-0.2, 0) is 0 Å². The average Bonchev–Trinajstić information content (AvgIpc) is 2.43. The molecule has 1 aromatic rings. The van der Waals surface area contributed by atoms with Crippen LogP contribution in [0.3, 0.4) is 0 Å². The highest BCUT2D eigenvalue weighted by molar-refractivity contribution is 9.09. The molecule has 1 aliphatic rings. The Hall–Kier alpha value is 0.0800. The molecule has 0 spiro atoms. The summed E-state index contributed by atoms with van der Waals surface area (Å²) in [5.74, 6) is 1.32. The summed E-state index contributed by atoms with van der Waals surface area (Å²) in [6, 6.07) is 3.78. The Morgan fingerprint density at radius 3 is 2.53 bits per heavy atom. The van der Waals surface area contributed by atoms with Crippen molar-refractivity contribution < 1.29 is 4.74 Å². The number of hydrogen-bond acceptors (Lipinski definition) is 1.